The van der Waals surface area contributed by atoms with E-state index in [0.717, 1.165) is 13.1 Å². The molecule has 0 amide bonds. The average Bonchev–Trinajstić information content (AvgIpc) is 2.14. The van der Waals surface area contributed by atoms with E-state index in [2.05, 4.69) is 38.0 Å². The van der Waals surface area contributed by atoms with Gasteiger partial charge >= 0.3 is 0 Å². The summed E-state index contributed by atoms with van der Waals surface area (Å²) in [6.07, 6.45) is 3.83. The Bertz CT molecular complexity index is 104. The molecule has 0 saturated carbocycles. The minimum Gasteiger partial charge on any atom is -0.315 e. The summed E-state index contributed by atoms with van der Waals surface area (Å²) in [5, 5.41) is 3.45. The summed E-state index contributed by atoms with van der Waals surface area (Å²) >= 11 is 0. The van der Waals surface area contributed by atoms with Gasteiger partial charge in [0.25, 0.3) is 0 Å². The van der Waals surface area contributed by atoms with E-state index >= 15 is 0 Å². The number of unbranched alkanes of at least 4 members (excludes halogenated alkanes) is 1. The van der Waals surface area contributed by atoms with Gasteiger partial charge in [0.1, 0.15) is 0 Å². The molecule has 0 bridgehead atoms. The zero-order chi connectivity index (χ0) is 10.1. The van der Waals surface area contributed by atoms with Crippen LogP contribution in [0.4, 0.5) is 0 Å². The van der Waals surface area contributed by atoms with Crippen molar-refractivity contribution < 1.29 is 0 Å². The number of hydrogen-bond acceptors (Lipinski definition) is 2. The van der Waals surface area contributed by atoms with Crippen molar-refractivity contribution in [2.24, 2.45) is 0 Å². The van der Waals surface area contributed by atoms with Gasteiger partial charge in [-0.05, 0) is 39.9 Å². The van der Waals surface area contributed by atoms with Crippen LogP contribution in [0.2, 0.25) is 0 Å². The van der Waals surface area contributed by atoms with Crippen molar-refractivity contribution in [1.29, 1.82) is 0 Å². The SMILES string of the molecule is CCCCN(C)C(C)CNCCC. The maximum Gasteiger partial charge on any atom is 0.0189 e. The highest BCUT2D eigenvalue weighted by Crippen LogP contribution is 1.97. The number of hydrogen-bond donors (Lipinski definition) is 1. The molecule has 0 spiro atoms. The van der Waals surface area contributed by atoms with E-state index < -0.39 is 0 Å². The van der Waals surface area contributed by atoms with Crippen LogP contribution >= 0.6 is 0 Å². The minimum absolute atomic E-state index is 0.665. The van der Waals surface area contributed by atoms with Crippen LogP contribution in [0.15, 0.2) is 0 Å². The summed E-state index contributed by atoms with van der Waals surface area (Å²) in [6.45, 7) is 10.2. The second-order valence-corrected chi connectivity index (χ2v) is 3.89. The maximum atomic E-state index is 3.45. The second-order valence-electron chi connectivity index (χ2n) is 3.89. The molecule has 13 heavy (non-hydrogen) atoms. The molecule has 0 fully saturated rings. The van der Waals surface area contributed by atoms with Gasteiger partial charge < -0.3 is 10.2 Å². The quantitative estimate of drug-likeness (QED) is 0.584. The van der Waals surface area contributed by atoms with Gasteiger partial charge in [-0.25, -0.2) is 0 Å². The first-order valence-corrected chi connectivity index (χ1v) is 5.63. The zero-order valence-corrected chi connectivity index (χ0v) is 9.77. The topological polar surface area (TPSA) is 15.3 Å². The van der Waals surface area contributed by atoms with E-state index in [1.807, 2.05) is 0 Å². The maximum absolute atomic E-state index is 3.45. The number of nitrogens with zero attached hydrogens (tertiary/aromatic N) is 1. The lowest BCUT2D eigenvalue weighted by atomic mass is 10.2. The smallest absolute Gasteiger partial charge is 0.0189 e. The average molecular weight is 186 g/mol. The van der Waals surface area contributed by atoms with Crippen molar-refractivity contribution >= 4 is 0 Å². The van der Waals surface area contributed by atoms with E-state index in [1.165, 1.54) is 25.8 Å². The number of likely N-dealkylation sites (N-methyl/N-ethyl adjacent to an activating group) is 1. The lowest BCUT2D eigenvalue weighted by Gasteiger charge is -2.24. The van der Waals surface area contributed by atoms with Crippen molar-refractivity contribution in [1.82, 2.24) is 10.2 Å². The third kappa shape index (κ3) is 7.03. The Labute approximate surface area is 83.7 Å². The van der Waals surface area contributed by atoms with Crippen LogP contribution in [0.25, 0.3) is 0 Å². The standard InChI is InChI=1S/C11H26N2/c1-5-7-9-13(4)11(3)10-12-8-6-2/h11-12H,5-10H2,1-4H3. The third-order valence-electron chi connectivity index (χ3n) is 2.48. The van der Waals surface area contributed by atoms with Crippen molar-refractivity contribution in [2.45, 2.75) is 46.1 Å². The van der Waals surface area contributed by atoms with E-state index in [9.17, 15) is 0 Å². The first kappa shape index (κ1) is 12.9. The molecule has 2 nitrogen and oxygen atoms in total. The molecule has 1 atom stereocenters. The Morgan fingerprint density at radius 1 is 1.23 bits per heavy atom. The monoisotopic (exact) mass is 186 g/mol. The number of nitrogens with one attached hydrogen (secondary N) is 1. The van der Waals surface area contributed by atoms with Crippen molar-refractivity contribution in [3.8, 4) is 0 Å². The molecular formula is C11H26N2. The van der Waals surface area contributed by atoms with E-state index in [4.69, 9.17) is 0 Å². The fourth-order valence-corrected chi connectivity index (χ4v) is 1.27. The largest absolute Gasteiger partial charge is 0.315 e. The Kier molecular flexibility index (Phi) is 8.46. The van der Waals surface area contributed by atoms with Crippen molar-refractivity contribution in [3.05, 3.63) is 0 Å². The molecule has 2 heteroatoms. The Morgan fingerprint density at radius 2 is 1.92 bits per heavy atom. The van der Waals surface area contributed by atoms with E-state index in [-0.39, 0.29) is 0 Å². The molecule has 1 N–H and O–H groups in total. The van der Waals surface area contributed by atoms with Gasteiger partial charge in [0.05, 0.1) is 0 Å². The molecule has 1 unspecified atom stereocenters. The fraction of sp³-hybridized carbons (Fsp3) is 1.00. The second kappa shape index (κ2) is 8.52. The van der Waals surface area contributed by atoms with Gasteiger partial charge in [-0.15, -0.1) is 0 Å². The minimum atomic E-state index is 0.665. The molecule has 0 aromatic heterocycles. The molecule has 0 rings (SSSR count). The molecule has 0 aromatic carbocycles. The van der Waals surface area contributed by atoms with Crippen LogP contribution in [0.5, 0.6) is 0 Å². The van der Waals surface area contributed by atoms with Crippen molar-refractivity contribution in [2.75, 3.05) is 26.7 Å². The molecule has 0 heterocycles. The Hall–Kier alpha value is -0.0800. The molecule has 0 aromatic rings. The summed E-state index contributed by atoms with van der Waals surface area (Å²) in [4.78, 5) is 2.44. The van der Waals surface area contributed by atoms with Gasteiger partial charge in [0.2, 0.25) is 0 Å². The van der Waals surface area contributed by atoms with Crippen LogP contribution in [-0.4, -0.2) is 37.6 Å². The van der Waals surface area contributed by atoms with Crippen LogP contribution < -0.4 is 5.32 Å². The predicted molar refractivity (Wildman–Crippen MR) is 60.2 cm³/mol. The van der Waals surface area contributed by atoms with Crippen LogP contribution in [0, 0.1) is 0 Å². The molecular weight excluding hydrogens is 160 g/mol. The first-order chi connectivity index (χ1) is 6.22. The zero-order valence-electron chi connectivity index (χ0n) is 9.77. The van der Waals surface area contributed by atoms with Gasteiger partial charge in [-0.3, -0.25) is 0 Å². The van der Waals surface area contributed by atoms with Gasteiger partial charge in [0.15, 0.2) is 0 Å². The van der Waals surface area contributed by atoms with E-state index in [1.54, 1.807) is 0 Å². The fourth-order valence-electron chi connectivity index (χ4n) is 1.27. The van der Waals surface area contributed by atoms with Gasteiger partial charge in [-0.2, -0.15) is 0 Å². The highest BCUT2D eigenvalue weighted by Gasteiger charge is 2.06. The lowest BCUT2D eigenvalue weighted by molar-refractivity contribution is 0.247. The Morgan fingerprint density at radius 3 is 2.46 bits per heavy atom. The number of rotatable bonds is 8. The van der Waals surface area contributed by atoms with E-state index in [0.29, 0.717) is 6.04 Å². The lowest BCUT2D eigenvalue weighted by Crippen LogP contribution is -2.38. The highest BCUT2D eigenvalue weighted by atomic mass is 15.1. The molecule has 0 aliphatic rings. The highest BCUT2D eigenvalue weighted by molar-refractivity contribution is 4.65. The van der Waals surface area contributed by atoms with Gasteiger partial charge in [-0.1, -0.05) is 20.3 Å². The van der Waals surface area contributed by atoms with Crippen molar-refractivity contribution in [3.63, 3.8) is 0 Å². The summed E-state index contributed by atoms with van der Waals surface area (Å²) in [7, 11) is 2.22. The van der Waals surface area contributed by atoms with Crippen LogP contribution in [0.1, 0.15) is 40.0 Å². The van der Waals surface area contributed by atoms with Crippen LogP contribution in [0.3, 0.4) is 0 Å². The summed E-state index contributed by atoms with van der Waals surface area (Å²) in [5.74, 6) is 0. The first-order valence-electron chi connectivity index (χ1n) is 5.63. The normalized spacial score (nSPS) is 13.6. The predicted octanol–water partition coefficient (Wildman–Crippen LogP) is 2.11. The summed E-state index contributed by atoms with van der Waals surface area (Å²) in [6, 6.07) is 0.665. The molecule has 80 valence electrons. The van der Waals surface area contributed by atoms with Gasteiger partial charge in [0, 0.05) is 12.6 Å². The molecule has 0 radical (unpaired) electrons. The molecule has 0 aliphatic heterocycles. The summed E-state index contributed by atoms with van der Waals surface area (Å²) in [5.41, 5.74) is 0. The molecule has 0 aliphatic carbocycles. The van der Waals surface area contributed by atoms with Crippen LogP contribution in [-0.2, 0) is 0 Å². The molecule has 0 saturated heterocycles. The summed E-state index contributed by atoms with van der Waals surface area (Å²) < 4.78 is 0. The third-order valence-corrected chi connectivity index (χ3v) is 2.48. The Balaban J connectivity index is 3.38.